The van der Waals surface area contributed by atoms with Crippen LogP contribution in [0, 0.1) is 6.92 Å². The maximum Gasteiger partial charge on any atom is 0.0609 e. The Morgan fingerprint density at radius 1 is 1.06 bits per heavy atom. The van der Waals surface area contributed by atoms with Crippen LogP contribution < -0.4 is 10.6 Å². The van der Waals surface area contributed by atoms with Crippen LogP contribution in [0.2, 0.25) is 0 Å². The molecule has 2 aliphatic rings. The molecule has 1 aromatic rings. The zero-order chi connectivity index (χ0) is 11.7. The molecule has 0 unspecified atom stereocenters. The van der Waals surface area contributed by atoms with E-state index < -0.39 is 0 Å². The number of nitrogens with one attached hydrogen (secondary N) is 2. The van der Waals surface area contributed by atoms with Crippen LogP contribution in [0.3, 0.4) is 0 Å². The van der Waals surface area contributed by atoms with Gasteiger partial charge in [0.1, 0.15) is 0 Å². The van der Waals surface area contributed by atoms with Gasteiger partial charge in [0.15, 0.2) is 0 Å². The maximum atomic E-state index is 3.88. The molecule has 1 aliphatic carbocycles. The Morgan fingerprint density at radius 2 is 1.88 bits per heavy atom. The molecule has 2 heteroatoms. The Labute approximate surface area is 104 Å². The van der Waals surface area contributed by atoms with E-state index in [9.17, 15) is 0 Å². The van der Waals surface area contributed by atoms with Crippen LogP contribution in [0.1, 0.15) is 44.1 Å². The van der Waals surface area contributed by atoms with E-state index >= 15 is 0 Å². The maximum absolute atomic E-state index is 3.88. The van der Waals surface area contributed by atoms with E-state index in [-0.39, 0.29) is 0 Å². The van der Waals surface area contributed by atoms with Gasteiger partial charge in [-0.2, -0.15) is 0 Å². The summed E-state index contributed by atoms with van der Waals surface area (Å²) in [5.41, 5.74) is 4.35. The van der Waals surface area contributed by atoms with Gasteiger partial charge in [-0.25, -0.2) is 0 Å². The van der Waals surface area contributed by atoms with Crippen molar-refractivity contribution in [3.8, 4) is 0 Å². The molecule has 0 aromatic heterocycles. The van der Waals surface area contributed by atoms with Gasteiger partial charge in [0.25, 0.3) is 0 Å². The number of hydrogen-bond acceptors (Lipinski definition) is 2. The first-order valence-electron chi connectivity index (χ1n) is 6.91. The van der Waals surface area contributed by atoms with Gasteiger partial charge in [0, 0.05) is 12.1 Å². The number of anilines is 2. The second kappa shape index (κ2) is 4.25. The fourth-order valence-electron chi connectivity index (χ4n) is 3.35. The average molecular weight is 230 g/mol. The molecular weight excluding hydrogens is 208 g/mol. The zero-order valence-electron chi connectivity index (χ0n) is 10.7. The van der Waals surface area contributed by atoms with Gasteiger partial charge < -0.3 is 10.6 Å². The van der Waals surface area contributed by atoms with Crippen LogP contribution in [0.25, 0.3) is 0 Å². The van der Waals surface area contributed by atoms with Crippen LogP contribution in [-0.4, -0.2) is 12.1 Å². The van der Waals surface area contributed by atoms with Crippen LogP contribution in [-0.2, 0) is 0 Å². The van der Waals surface area contributed by atoms with Crippen LogP contribution >= 0.6 is 0 Å². The predicted octanol–water partition coefficient (Wildman–Crippen LogP) is 3.93. The highest BCUT2D eigenvalue weighted by Gasteiger charge is 2.33. The smallest absolute Gasteiger partial charge is 0.0609 e. The topological polar surface area (TPSA) is 24.1 Å². The van der Waals surface area contributed by atoms with Crippen LogP contribution in [0.5, 0.6) is 0 Å². The molecule has 1 fully saturated rings. The van der Waals surface area contributed by atoms with Gasteiger partial charge in [0.2, 0.25) is 0 Å². The summed E-state index contributed by atoms with van der Waals surface area (Å²) in [6.45, 7) is 3.30. The summed E-state index contributed by atoms with van der Waals surface area (Å²) in [7, 11) is 0. The average Bonchev–Trinajstić information content (AvgIpc) is 2.51. The molecule has 1 heterocycles. The van der Waals surface area contributed by atoms with Crippen molar-refractivity contribution in [2.45, 2.75) is 51.0 Å². The first-order valence-corrected chi connectivity index (χ1v) is 6.91. The van der Waals surface area contributed by atoms with Gasteiger partial charge in [-0.1, -0.05) is 31.4 Å². The highest BCUT2D eigenvalue weighted by Crippen LogP contribution is 2.39. The van der Waals surface area contributed by atoms with E-state index in [1.807, 2.05) is 0 Å². The number of para-hydroxylation sites is 1. The molecule has 1 aliphatic heterocycles. The van der Waals surface area contributed by atoms with E-state index in [0.29, 0.717) is 5.54 Å². The van der Waals surface area contributed by atoms with Crippen molar-refractivity contribution < 1.29 is 0 Å². The zero-order valence-corrected chi connectivity index (χ0v) is 10.7. The van der Waals surface area contributed by atoms with Crippen molar-refractivity contribution in [3.63, 3.8) is 0 Å². The summed E-state index contributed by atoms with van der Waals surface area (Å²) in [6.07, 6.45) is 8.10. The Hall–Kier alpha value is -1.18. The molecule has 0 radical (unpaired) electrons. The lowest BCUT2D eigenvalue weighted by atomic mass is 9.79. The Balaban J connectivity index is 1.95. The fourth-order valence-corrected chi connectivity index (χ4v) is 3.35. The molecule has 3 rings (SSSR count). The monoisotopic (exact) mass is 230 g/mol. The Morgan fingerprint density at radius 3 is 2.71 bits per heavy atom. The lowest BCUT2D eigenvalue weighted by molar-refractivity contribution is 0.313. The van der Waals surface area contributed by atoms with Gasteiger partial charge in [-0.15, -0.1) is 0 Å². The summed E-state index contributed by atoms with van der Waals surface area (Å²) >= 11 is 0. The highest BCUT2D eigenvalue weighted by molar-refractivity contribution is 5.74. The molecule has 1 aromatic carbocycles. The molecule has 0 saturated heterocycles. The van der Waals surface area contributed by atoms with Crippen molar-refractivity contribution >= 4 is 11.4 Å². The van der Waals surface area contributed by atoms with Gasteiger partial charge in [-0.3, -0.25) is 0 Å². The van der Waals surface area contributed by atoms with Crippen molar-refractivity contribution in [1.29, 1.82) is 0 Å². The van der Waals surface area contributed by atoms with E-state index in [1.165, 1.54) is 55.5 Å². The molecule has 2 N–H and O–H groups in total. The van der Waals surface area contributed by atoms with Crippen molar-refractivity contribution in [2.75, 3.05) is 17.2 Å². The number of benzene rings is 1. The van der Waals surface area contributed by atoms with E-state index in [2.05, 4.69) is 35.8 Å². The molecule has 1 saturated carbocycles. The minimum absolute atomic E-state index is 0.364. The molecule has 0 bridgehead atoms. The quantitative estimate of drug-likeness (QED) is 0.705. The lowest BCUT2D eigenvalue weighted by Gasteiger charge is -2.38. The van der Waals surface area contributed by atoms with Crippen molar-refractivity contribution in [1.82, 2.24) is 0 Å². The summed E-state index contributed by atoms with van der Waals surface area (Å²) in [5.74, 6) is 0. The Kier molecular flexibility index (Phi) is 2.73. The summed E-state index contributed by atoms with van der Waals surface area (Å²) < 4.78 is 0. The van der Waals surface area contributed by atoms with E-state index in [1.54, 1.807) is 0 Å². The number of rotatable bonds is 0. The van der Waals surface area contributed by atoms with Crippen LogP contribution in [0.4, 0.5) is 11.4 Å². The summed E-state index contributed by atoms with van der Waals surface area (Å²) in [4.78, 5) is 0. The van der Waals surface area contributed by atoms with Gasteiger partial charge in [-0.05, 0) is 37.8 Å². The number of aryl methyl sites for hydroxylation is 1. The second-order valence-electron chi connectivity index (χ2n) is 5.64. The van der Waals surface area contributed by atoms with E-state index in [0.717, 1.165) is 6.54 Å². The largest absolute Gasteiger partial charge is 0.383 e. The summed E-state index contributed by atoms with van der Waals surface area (Å²) in [5, 5.41) is 7.46. The minimum Gasteiger partial charge on any atom is -0.383 e. The third kappa shape index (κ3) is 2.01. The third-order valence-electron chi connectivity index (χ3n) is 4.39. The number of hydrogen-bond donors (Lipinski definition) is 2. The molecule has 1 spiro atoms. The molecule has 0 atom stereocenters. The van der Waals surface area contributed by atoms with Crippen molar-refractivity contribution in [2.24, 2.45) is 0 Å². The lowest BCUT2D eigenvalue weighted by Crippen LogP contribution is -2.40. The van der Waals surface area contributed by atoms with E-state index in [4.69, 9.17) is 0 Å². The number of fused-ring (bicyclic) bond motifs is 1. The standard InChI is InChI=1S/C15H22N2/c1-12-6-5-7-13-14(12)17-15(10-11-16-13)8-3-2-4-9-15/h5-7,16-17H,2-4,8-11H2,1H3. The second-order valence-corrected chi connectivity index (χ2v) is 5.64. The molecular formula is C15H22N2. The Bertz CT molecular complexity index is 405. The van der Waals surface area contributed by atoms with Crippen LogP contribution in [0.15, 0.2) is 18.2 Å². The first-order chi connectivity index (χ1) is 8.29. The molecule has 0 amide bonds. The van der Waals surface area contributed by atoms with Gasteiger partial charge >= 0.3 is 0 Å². The van der Waals surface area contributed by atoms with Gasteiger partial charge in [0.05, 0.1) is 11.4 Å². The molecule has 2 nitrogen and oxygen atoms in total. The van der Waals surface area contributed by atoms with Crippen molar-refractivity contribution in [3.05, 3.63) is 23.8 Å². The molecule has 17 heavy (non-hydrogen) atoms. The summed E-state index contributed by atoms with van der Waals surface area (Å²) in [6, 6.07) is 6.54. The SMILES string of the molecule is Cc1cccc2c1NC1(CCCCC1)CCN2. The fraction of sp³-hybridized carbons (Fsp3) is 0.600. The molecule has 92 valence electrons. The normalized spacial score (nSPS) is 22.2. The first kappa shape index (κ1) is 10.9. The highest BCUT2D eigenvalue weighted by atomic mass is 15.1. The minimum atomic E-state index is 0.364. The predicted molar refractivity (Wildman–Crippen MR) is 73.7 cm³/mol. The third-order valence-corrected chi connectivity index (χ3v) is 4.39.